The summed E-state index contributed by atoms with van der Waals surface area (Å²) in [5.74, 6) is -0.136. The Morgan fingerprint density at radius 2 is 2.08 bits per heavy atom. The van der Waals surface area contributed by atoms with Gasteiger partial charge in [0.05, 0.1) is 0 Å². The third-order valence-corrected chi connectivity index (χ3v) is 2.44. The molecule has 0 spiro atoms. The number of aryl methyl sites for hydroxylation is 1. The third-order valence-electron chi connectivity index (χ3n) is 1.83. The highest BCUT2D eigenvalue weighted by molar-refractivity contribution is 9.08. The average Bonchev–Trinajstić information content (AvgIpc) is 2.05. The van der Waals surface area contributed by atoms with Crippen molar-refractivity contribution < 1.29 is 4.39 Å². The summed E-state index contributed by atoms with van der Waals surface area (Å²) in [7, 11) is 0. The number of rotatable bonds is 3. The Morgan fingerprint density at radius 3 is 2.67 bits per heavy atom. The Balaban J connectivity index is 2.95. The molecule has 0 aliphatic rings. The molecule has 66 valence electrons. The predicted molar refractivity (Wildman–Crippen MR) is 53.0 cm³/mol. The molecule has 2 heteroatoms. The van der Waals surface area contributed by atoms with Gasteiger partial charge in [0.15, 0.2) is 0 Å². The normalized spacial score (nSPS) is 10.2. The molecule has 0 radical (unpaired) electrons. The van der Waals surface area contributed by atoms with E-state index in [1.54, 1.807) is 6.07 Å². The van der Waals surface area contributed by atoms with E-state index in [-0.39, 0.29) is 5.82 Å². The maximum Gasteiger partial charge on any atom is 0.123 e. The molecule has 1 rings (SSSR count). The zero-order valence-electron chi connectivity index (χ0n) is 7.11. The summed E-state index contributed by atoms with van der Waals surface area (Å²) < 4.78 is 12.8. The van der Waals surface area contributed by atoms with Gasteiger partial charge in [-0.25, -0.2) is 4.39 Å². The zero-order chi connectivity index (χ0) is 8.97. The van der Waals surface area contributed by atoms with Crippen LogP contribution in [0.2, 0.25) is 0 Å². The van der Waals surface area contributed by atoms with Gasteiger partial charge in [0.25, 0.3) is 0 Å². The molecule has 0 heterocycles. The highest BCUT2D eigenvalue weighted by Gasteiger charge is 2.01. The number of hydrogen-bond acceptors (Lipinski definition) is 0. The Kier molecular flexibility index (Phi) is 3.73. The molecule has 0 amide bonds. The first kappa shape index (κ1) is 9.72. The van der Waals surface area contributed by atoms with Crippen LogP contribution in [0.25, 0.3) is 0 Å². The molecule has 0 bridgehead atoms. The molecule has 0 aliphatic heterocycles. The summed E-state index contributed by atoms with van der Waals surface area (Å²) in [5, 5.41) is 0.808. The van der Waals surface area contributed by atoms with Gasteiger partial charge < -0.3 is 0 Å². The van der Waals surface area contributed by atoms with Crippen LogP contribution in [0.3, 0.4) is 0 Å². The van der Waals surface area contributed by atoms with Crippen molar-refractivity contribution in [2.45, 2.75) is 25.1 Å². The first-order valence-corrected chi connectivity index (χ1v) is 5.23. The predicted octanol–water partition coefficient (Wildman–Crippen LogP) is 3.67. The van der Waals surface area contributed by atoms with Crippen LogP contribution in [-0.2, 0) is 11.8 Å². The van der Waals surface area contributed by atoms with Crippen LogP contribution in [-0.4, -0.2) is 0 Å². The van der Waals surface area contributed by atoms with Crippen LogP contribution in [0.1, 0.15) is 24.5 Å². The minimum Gasteiger partial charge on any atom is -0.207 e. The lowest BCUT2D eigenvalue weighted by Crippen LogP contribution is -1.92. The molecular weight excluding hydrogens is 219 g/mol. The molecular formula is C10H12BrF. The topological polar surface area (TPSA) is 0 Å². The van der Waals surface area contributed by atoms with E-state index in [1.807, 2.05) is 6.07 Å². The number of alkyl halides is 1. The monoisotopic (exact) mass is 230 g/mol. The van der Waals surface area contributed by atoms with E-state index in [1.165, 1.54) is 11.6 Å². The largest absolute Gasteiger partial charge is 0.207 e. The molecule has 0 atom stereocenters. The average molecular weight is 231 g/mol. The van der Waals surface area contributed by atoms with E-state index in [0.29, 0.717) is 0 Å². The summed E-state index contributed by atoms with van der Waals surface area (Å²) in [6.45, 7) is 2.10. The first-order chi connectivity index (χ1) is 5.77. The van der Waals surface area contributed by atoms with E-state index >= 15 is 0 Å². The molecule has 0 saturated carbocycles. The molecule has 12 heavy (non-hydrogen) atoms. The van der Waals surface area contributed by atoms with Gasteiger partial charge in [0, 0.05) is 5.33 Å². The van der Waals surface area contributed by atoms with Crippen molar-refractivity contribution in [2.75, 3.05) is 0 Å². The minimum absolute atomic E-state index is 0.136. The number of hydrogen-bond donors (Lipinski definition) is 0. The second-order valence-electron chi connectivity index (χ2n) is 2.80. The van der Waals surface area contributed by atoms with E-state index in [4.69, 9.17) is 0 Å². The Morgan fingerprint density at radius 1 is 1.33 bits per heavy atom. The van der Waals surface area contributed by atoms with E-state index in [2.05, 4.69) is 22.9 Å². The molecule has 0 aliphatic carbocycles. The first-order valence-electron chi connectivity index (χ1n) is 4.11. The van der Waals surface area contributed by atoms with Gasteiger partial charge in [0.2, 0.25) is 0 Å². The lowest BCUT2D eigenvalue weighted by atomic mass is 10.0. The molecule has 1 aromatic carbocycles. The fraction of sp³-hybridized carbons (Fsp3) is 0.400. The van der Waals surface area contributed by atoms with Crippen molar-refractivity contribution in [3.8, 4) is 0 Å². The minimum atomic E-state index is -0.136. The van der Waals surface area contributed by atoms with Crippen molar-refractivity contribution in [3.05, 3.63) is 35.1 Å². The van der Waals surface area contributed by atoms with Crippen LogP contribution in [0.4, 0.5) is 4.39 Å². The summed E-state index contributed by atoms with van der Waals surface area (Å²) >= 11 is 3.38. The summed E-state index contributed by atoms with van der Waals surface area (Å²) in [5.41, 5.74) is 2.31. The second-order valence-corrected chi connectivity index (χ2v) is 3.36. The lowest BCUT2D eigenvalue weighted by molar-refractivity contribution is 0.624. The molecule has 0 N–H and O–H groups in total. The Bertz CT molecular complexity index is 258. The number of halogens is 2. The molecule has 0 unspecified atom stereocenters. The van der Waals surface area contributed by atoms with Crippen LogP contribution in [0, 0.1) is 5.82 Å². The van der Waals surface area contributed by atoms with Crippen molar-refractivity contribution in [1.29, 1.82) is 0 Å². The maximum absolute atomic E-state index is 12.8. The molecule has 0 saturated heterocycles. The highest BCUT2D eigenvalue weighted by Crippen LogP contribution is 2.15. The fourth-order valence-electron chi connectivity index (χ4n) is 1.23. The van der Waals surface area contributed by atoms with Crippen LogP contribution in [0.5, 0.6) is 0 Å². The van der Waals surface area contributed by atoms with Crippen LogP contribution < -0.4 is 0 Å². The SMILES string of the molecule is CCCc1cc(F)ccc1CBr. The van der Waals surface area contributed by atoms with Crippen molar-refractivity contribution >= 4 is 15.9 Å². The van der Waals surface area contributed by atoms with E-state index in [0.717, 1.165) is 23.7 Å². The van der Waals surface area contributed by atoms with Gasteiger partial charge >= 0.3 is 0 Å². The smallest absolute Gasteiger partial charge is 0.123 e. The zero-order valence-corrected chi connectivity index (χ0v) is 8.70. The molecule has 0 fully saturated rings. The van der Waals surface area contributed by atoms with Crippen molar-refractivity contribution in [1.82, 2.24) is 0 Å². The lowest BCUT2D eigenvalue weighted by Gasteiger charge is -2.05. The van der Waals surface area contributed by atoms with Crippen LogP contribution >= 0.6 is 15.9 Å². The van der Waals surface area contributed by atoms with Crippen molar-refractivity contribution in [3.63, 3.8) is 0 Å². The molecule has 0 aromatic heterocycles. The molecule has 0 nitrogen and oxygen atoms in total. The Hall–Kier alpha value is -0.370. The van der Waals surface area contributed by atoms with Crippen molar-refractivity contribution in [2.24, 2.45) is 0 Å². The van der Waals surface area contributed by atoms with E-state index in [9.17, 15) is 4.39 Å². The van der Waals surface area contributed by atoms with Gasteiger partial charge in [-0.3, -0.25) is 0 Å². The summed E-state index contributed by atoms with van der Waals surface area (Å²) in [6.07, 6.45) is 2.02. The maximum atomic E-state index is 12.8. The summed E-state index contributed by atoms with van der Waals surface area (Å²) in [6, 6.07) is 4.98. The third kappa shape index (κ3) is 2.31. The van der Waals surface area contributed by atoms with Gasteiger partial charge in [-0.15, -0.1) is 0 Å². The standard InChI is InChI=1S/C10H12BrF/c1-2-3-8-6-10(12)5-4-9(8)7-11/h4-6H,2-3,7H2,1H3. The second kappa shape index (κ2) is 4.61. The Labute approximate surface area is 80.9 Å². The van der Waals surface area contributed by atoms with Gasteiger partial charge in [0.1, 0.15) is 5.82 Å². The highest BCUT2D eigenvalue weighted by atomic mass is 79.9. The van der Waals surface area contributed by atoms with E-state index < -0.39 is 0 Å². The fourth-order valence-corrected chi connectivity index (χ4v) is 1.77. The quantitative estimate of drug-likeness (QED) is 0.696. The summed E-state index contributed by atoms with van der Waals surface area (Å²) in [4.78, 5) is 0. The van der Waals surface area contributed by atoms with Gasteiger partial charge in [-0.2, -0.15) is 0 Å². The van der Waals surface area contributed by atoms with Gasteiger partial charge in [-0.05, 0) is 29.7 Å². The van der Waals surface area contributed by atoms with Crippen LogP contribution in [0.15, 0.2) is 18.2 Å². The number of benzene rings is 1. The van der Waals surface area contributed by atoms with Gasteiger partial charge in [-0.1, -0.05) is 35.3 Å². The molecule has 1 aromatic rings.